The van der Waals surface area contributed by atoms with Gasteiger partial charge in [0.05, 0.1) is 33.0 Å². The zero-order valence-electron chi connectivity index (χ0n) is 14.1. The molecule has 25 heavy (non-hydrogen) atoms. The molecule has 2 aromatic rings. The number of ether oxygens (including phenoxy) is 4. The fourth-order valence-electron chi connectivity index (χ4n) is 2.71. The molecule has 1 heterocycles. The van der Waals surface area contributed by atoms with E-state index in [1.54, 1.807) is 0 Å². The number of aliphatic hydroxyl groups excluding tert-OH is 1. The van der Waals surface area contributed by atoms with Crippen LogP contribution in [0.5, 0.6) is 0 Å². The molecule has 1 aliphatic heterocycles. The maximum Gasteiger partial charge on any atom is 0.181 e. The van der Waals surface area contributed by atoms with Gasteiger partial charge in [-0.3, -0.25) is 0 Å². The Morgan fingerprint density at radius 1 is 0.720 bits per heavy atom. The Morgan fingerprint density at radius 3 is 1.56 bits per heavy atom. The minimum atomic E-state index is -0.615. The van der Waals surface area contributed by atoms with Crippen LogP contribution in [-0.4, -0.2) is 43.4 Å². The van der Waals surface area contributed by atoms with Crippen LogP contribution >= 0.6 is 0 Å². The van der Waals surface area contributed by atoms with Gasteiger partial charge < -0.3 is 24.1 Å². The molecule has 0 aliphatic carbocycles. The maximum atomic E-state index is 9.28. The highest BCUT2D eigenvalue weighted by atomic mass is 16.7. The van der Waals surface area contributed by atoms with E-state index in [4.69, 9.17) is 18.9 Å². The SMILES string of the molecule is OCC1O[C@H](COCc2ccccc2)[C@@H](COCc2ccccc2)O1. The molecule has 2 aromatic carbocycles. The predicted molar refractivity (Wildman–Crippen MR) is 92.8 cm³/mol. The molecule has 0 saturated carbocycles. The zero-order chi connectivity index (χ0) is 17.3. The van der Waals surface area contributed by atoms with E-state index in [0.29, 0.717) is 26.4 Å². The topological polar surface area (TPSA) is 57.2 Å². The predicted octanol–water partition coefficient (Wildman–Crippen LogP) is 2.52. The third-order valence-corrected chi connectivity index (χ3v) is 4.00. The van der Waals surface area contributed by atoms with Gasteiger partial charge in [0.1, 0.15) is 12.2 Å². The Labute approximate surface area is 148 Å². The van der Waals surface area contributed by atoms with Gasteiger partial charge in [-0.25, -0.2) is 0 Å². The molecule has 1 fully saturated rings. The summed E-state index contributed by atoms with van der Waals surface area (Å²) in [5.74, 6) is 0. The summed E-state index contributed by atoms with van der Waals surface area (Å²) in [4.78, 5) is 0. The first-order valence-corrected chi connectivity index (χ1v) is 8.50. The van der Waals surface area contributed by atoms with Gasteiger partial charge in [0.25, 0.3) is 0 Å². The molecule has 134 valence electrons. The number of benzene rings is 2. The second kappa shape index (κ2) is 9.65. The van der Waals surface area contributed by atoms with Crippen LogP contribution in [0.25, 0.3) is 0 Å². The molecule has 0 amide bonds. The molecule has 5 heteroatoms. The van der Waals surface area contributed by atoms with Crippen LogP contribution < -0.4 is 0 Å². The van der Waals surface area contributed by atoms with Crippen molar-refractivity contribution < 1.29 is 24.1 Å². The van der Waals surface area contributed by atoms with Gasteiger partial charge in [0, 0.05) is 0 Å². The van der Waals surface area contributed by atoms with E-state index in [-0.39, 0.29) is 18.8 Å². The second-order valence-corrected chi connectivity index (χ2v) is 5.96. The van der Waals surface area contributed by atoms with E-state index in [0.717, 1.165) is 11.1 Å². The van der Waals surface area contributed by atoms with Crippen LogP contribution in [0, 0.1) is 0 Å². The molecule has 0 spiro atoms. The fraction of sp³-hybridized carbons (Fsp3) is 0.400. The minimum absolute atomic E-state index is 0.176. The Morgan fingerprint density at radius 2 is 1.16 bits per heavy atom. The molecular weight excluding hydrogens is 320 g/mol. The summed E-state index contributed by atoms with van der Waals surface area (Å²) in [6, 6.07) is 19.9. The molecular formula is C20H24O5. The van der Waals surface area contributed by atoms with Gasteiger partial charge in [0.2, 0.25) is 0 Å². The van der Waals surface area contributed by atoms with E-state index in [1.165, 1.54) is 0 Å². The highest BCUT2D eigenvalue weighted by Gasteiger charge is 2.36. The van der Waals surface area contributed by atoms with Gasteiger partial charge in [0.15, 0.2) is 6.29 Å². The fourth-order valence-corrected chi connectivity index (χ4v) is 2.71. The monoisotopic (exact) mass is 344 g/mol. The summed E-state index contributed by atoms with van der Waals surface area (Å²) in [6.07, 6.45) is -1.12. The van der Waals surface area contributed by atoms with Crippen molar-refractivity contribution in [3.63, 3.8) is 0 Å². The number of rotatable bonds is 9. The minimum Gasteiger partial charge on any atom is -0.391 e. The Kier molecular flexibility index (Phi) is 6.97. The molecule has 1 aliphatic rings. The average Bonchev–Trinajstić information content (AvgIpc) is 3.06. The first kappa shape index (κ1) is 18.0. The van der Waals surface area contributed by atoms with Gasteiger partial charge in [-0.1, -0.05) is 60.7 Å². The Balaban J connectivity index is 1.44. The highest BCUT2D eigenvalue weighted by molar-refractivity contribution is 5.14. The quantitative estimate of drug-likeness (QED) is 0.757. The lowest BCUT2D eigenvalue weighted by molar-refractivity contribution is -0.106. The largest absolute Gasteiger partial charge is 0.391 e. The number of hydrogen-bond donors (Lipinski definition) is 1. The highest BCUT2D eigenvalue weighted by Crippen LogP contribution is 2.20. The summed E-state index contributed by atoms with van der Waals surface area (Å²) >= 11 is 0. The van der Waals surface area contributed by atoms with Crippen LogP contribution in [0.1, 0.15) is 11.1 Å². The van der Waals surface area contributed by atoms with E-state index in [2.05, 4.69) is 0 Å². The average molecular weight is 344 g/mol. The molecule has 2 atom stereocenters. The lowest BCUT2D eigenvalue weighted by Crippen LogP contribution is -2.31. The normalized spacial score (nSPS) is 20.8. The lowest BCUT2D eigenvalue weighted by Gasteiger charge is -2.17. The van der Waals surface area contributed by atoms with Gasteiger partial charge >= 0.3 is 0 Å². The van der Waals surface area contributed by atoms with Crippen molar-refractivity contribution in [3.05, 3.63) is 71.8 Å². The van der Waals surface area contributed by atoms with Crippen LogP contribution in [0.2, 0.25) is 0 Å². The van der Waals surface area contributed by atoms with Crippen molar-refractivity contribution in [1.82, 2.24) is 0 Å². The zero-order valence-corrected chi connectivity index (χ0v) is 14.1. The van der Waals surface area contributed by atoms with Crippen LogP contribution in [-0.2, 0) is 32.2 Å². The van der Waals surface area contributed by atoms with Crippen molar-refractivity contribution >= 4 is 0 Å². The lowest BCUT2D eigenvalue weighted by atomic mass is 10.2. The van der Waals surface area contributed by atoms with E-state index >= 15 is 0 Å². The van der Waals surface area contributed by atoms with Crippen LogP contribution in [0.15, 0.2) is 60.7 Å². The van der Waals surface area contributed by atoms with Crippen LogP contribution in [0.3, 0.4) is 0 Å². The molecule has 5 nitrogen and oxygen atoms in total. The second-order valence-electron chi connectivity index (χ2n) is 5.96. The molecule has 0 aromatic heterocycles. The van der Waals surface area contributed by atoms with Crippen molar-refractivity contribution in [2.45, 2.75) is 31.7 Å². The summed E-state index contributed by atoms with van der Waals surface area (Å²) < 4.78 is 22.9. The van der Waals surface area contributed by atoms with Gasteiger partial charge in [-0.15, -0.1) is 0 Å². The van der Waals surface area contributed by atoms with Crippen molar-refractivity contribution in [3.8, 4) is 0 Å². The number of hydrogen-bond acceptors (Lipinski definition) is 5. The first-order valence-electron chi connectivity index (χ1n) is 8.50. The van der Waals surface area contributed by atoms with Crippen LogP contribution in [0.4, 0.5) is 0 Å². The van der Waals surface area contributed by atoms with Gasteiger partial charge in [-0.2, -0.15) is 0 Å². The molecule has 3 rings (SSSR count). The third kappa shape index (κ3) is 5.63. The molecule has 1 saturated heterocycles. The molecule has 1 N–H and O–H groups in total. The van der Waals surface area contributed by atoms with Crippen molar-refractivity contribution in [2.24, 2.45) is 0 Å². The smallest absolute Gasteiger partial charge is 0.181 e. The van der Waals surface area contributed by atoms with E-state index < -0.39 is 6.29 Å². The molecule has 0 unspecified atom stereocenters. The number of aliphatic hydroxyl groups is 1. The van der Waals surface area contributed by atoms with Crippen molar-refractivity contribution in [1.29, 1.82) is 0 Å². The summed E-state index contributed by atoms with van der Waals surface area (Å²) in [7, 11) is 0. The van der Waals surface area contributed by atoms with Crippen molar-refractivity contribution in [2.75, 3.05) is 19.8 Å². The van der Waals surface area contributed by atoms with Gasteiger partial charge in [-0.05, 0) is 11.1 Å². The summed E-state index contributed by atoms with van der Waals surface area (Å²) in [6.45, 7) is 1.64. The molecule has 0 bridgehead atoms. The molecule has 0 radical (unpaired) electrons. The standard InChI is InChI=1S/C20H24O5/c21-11-20-24-18(14-22-12-16-7-3-1-4-8-16)19(25-20)15-23-13-17-9-5-2-6-10-17/h1-10,18-21H,11-15H2/t18-,19-/m1/s1. The van der Waals surface area contributed by atoms with E-state index in [9.17, 15) is 5.11 Å². The first-order chi connectivity index (χ1) is 12.3. The summed E-state index contributed by atoms with van der Waals surface area (Å²) in [5, 5.41) is 9.28. The summed E-state index contributed by atoms with van der Waals surface area (Å²) in [5.41, 5.74) is 2.22. The maximum absolute atomic E-state index is 9.28. The third-order valence-electron chi connectivity index (χ3n) is 4.00. The Hall–Kier alpha value is -1.76. The Bertz CT molecular complexity index is 550. The van der Waals surface area contributed by atoms with E-state index in [1.807, 2.05) is 60.7 Å².